The van der Waals surface area contributed by atoms with Gasteiger partial charge in [-0.2, -0.15) is 0 Å². The summed E-state index contributed by atoms with van der Waals surface area (Å²) in [6.07, 6.45) is 4.57. The number of hydrogen-bond acceptors (Lipinski definition) is 2. The summed E-state index contributed by atoms with van der Waals surface area (Å²) in [6, 6.07) is 0. The first-order chi connectivity index (χ1) is 11.5. The van der Waals surface area contributed by atoms with E-state index in [4.69, 9.17) is 23.6 Å². The van der Waals surface area contributed by atoms with Crippen molar-refractivity contribution in [1.29, 1.82) is 0 Å². The van der Waals surface area contributed by atoms with Crippen LogP contribution in [0, 0.1) is 0 Å². The Kier molecular flexibility index (Phi) is 5.12. The first-order valence-electron chi connectivity index (χ1n) is 8.77. The first-order valence-corrected chi connectivity index (χ1v) is 14.1. The highest BCUT2D eigenvalue weighted by Crippen LogP contribution is 2.63. The lowest BCUT2D eigenvalue weighted by Gasteiger charge is -2.34. The molecule has 4 aliphatic heterocycles. The predicted molar refractivity (Wildman–Crippen MR) is 109 cm³/mol. The molecule has 4 rings (SSSR count). The molecular formula is C14H28N6P2S2. The van der Waals surface area contributed by atoms with Gasteiger partial charge in [0.2, 0.25) is 0 Å². The minimum absolute atomic E-state index is 0.939. The van der Waals surface area contributed by atoms with E-state index in [2.05, 4.69) is 54.3 Å². The molecule has 0 aromatic rings. The molecule has 0 aliphatic carbocycles. The molecule has 0 saturated carbocycles. The molecule has 0 aromatic carbocycles. The average Bonchev–Trinajstić information content (AvgIpc) is 3.39. The van der Waals surface area contributed by atoms with Gasteiger partial charge in [-0.1, -0.05) is 12.2 Å². The van der Waals surface area contributed by atoms with E-state index >= 15 is 0 Å². The molecule has 0 unspecified atom stereocenters. The second kappa shape index (κ2) is 6.75. The number of hydrogen-bond donors (Lipinski definition) is 0. The van der Waals surface area contributed by atoms with Crippen molar-refractivity contribution in [2.45, 2.75) is 0 Å². The molecule has 0 bridgehead atoms. The van der Waals surface area contributed by atoms with E-state index in [1.165, 1.54) is 52.4 Å². The molecule has 0 aromatic heterocycles. The van der Waals surface area contributed by atoms with Gasteiger partial charge in [0.25, 0.3) is 0 Å². The Hall–Kier alpha value is 0.800. The molecule has 4 fully saturated rings. The van der Waals surface area contributed by atoms with Gasteiger partial charge in [0.05, 0.1) is 0 Å². The fourth-order valence-electron chi connectivity index (χ4n) is 3.11. The highest BCUT2D eigenvalue weighted by atomic mass is 32.5. The van der Waals surface area contributed by atoms with Gasteiger partial charge in [-0.3, -0.25) is 9.34 Å². The maximum Gasteiger partial charge on any atom is 0.145 e. The average molecular weight is 407 g/mol. The van der Waals surface area contributed by atoms with Crippen LogP contribution in [0.3, 0.4) is 0 Å². The number of likely N-dealkylation sites (N-methyl/N-ethyl adjacent to an activating group) is 2. The molecule has 4 heterocycles. The number of nitrogens with zero attached hydrogens (tertiary/aromatic N) is 6. The van der Waals surface area contributed by atoms with Crippen molar-refractivity contribution in [3.63, 3.8) is 0 Å². The Morgan fingerprint density at radius 1 is 0.667 bits per heavy atom. The van der Waals surface area contributed by atoms with Gasteiger partial charge >= 0.3 is 0 Å². The zero-order chi connectivity index (χ0) is 16.9. The van der Waals surface area contributed by atoms with E-state index < -0.39 is 13.0 Å². The standard InChI is InChI=1S/C14H28N6P2S2/c1-15(21(23,17-7-8-17)18-9-10-18)5-3-4-6-16(2)22(24,19-11-12-19)20-13-14-20/h3-4H,5-14H2,1-2H3/b4-3+. The summed E-state index contributed by atoms with van der Waals surface area (Å²) in [5.41, 5.74) is 0. The van der Waals surface area contributed by atoms with Crippen LogP contribution in [-0.2, 0) is 23.6 Å². The van der Waals surface area contributed by atoms with Crippen LogP contribution in [0.2, 0.25) is 0 Å². The van der Waals surface area contributed by atoms with Crippen LogP contribution in [0.5, 0.6) is 0 Å². The highest BCUT2D eigenvalue weighted by Gasteiger charge is 2.47. The van der Waals surface area contributed by atoms with Crippen LogP contribution < -0.4 is 0 Å². The van der Waals surface area contributed by atoms with Crippen LogP contribution in [-0.4, -0.2) is 108 Å². The van der Waals surface area contributed by atoms with Gasteiger partial charge in [-0.15, -0.1) is 0 Å². The molecule has 136 valence electrons. The van der Waals surface area contributed by atoms with E-state index in [1.54, 1.807) is 0 Å². The summed E-state index contributed by atoms with van der Waals surface area (Å²) in [4.78, 5) is 0. The van der Waals surface area contributed by atoms with Crippen molar-refractivity contribution < 1.29 is 0 Å². The summed E-state index contributed by atoms with van der Waals surface area (Å²) in [7, 11) is 4.39. The molecule has 0 radical (unpaired) electrons. The predicted octanol–water partition coefficient (Wildman–Crippen LogP) is 1.12. The summed E-state index contributed by atoms with van der Waals surface area (Å²) < 4.78 is 14.7. The van der Waals surface area contributed by atoms with Gasteiger partial charge in [-0.25, -0.2) is 18.7 Å². The third-order valence-corrected chi connectivity index (χ3v) is 16.1. The minimum Gasteiger partial charge on any atom is -0.251 e. The summed E-state index contributed by atoms with van der Waals surface area (Å²) in [5.74, 6) is 0. The molecule has 4 saturated heterocycles. The molecule has 0 amide bonds. The van der Waals surface area contributed by atoms with Gasteiger partial charge in [0.15, 0.2) is 0 Å². The lowest BCUT2D eigenvalue weighted by atomic mass is 10.5. The van der Waals surface area contributed by atoms with Crippen LogP contribution in [0.15, 0.2) is 12.2 Å². The quantitative estimate of drug-likeness (QED) is 0.301. The van der Waals surface area contributed by atoms with E-state index in [1.807, 2.05) is 0 Å². The van der Waals surface area contributed by atoms with Crippen LogP contribution in [0.4, 0.5) is 0 Å². The monoisotopic (exact) mass is 406 g/mol. The lowest BCUT2D eigenvalue weighted by Crippen LogP contribution is -2.25. The molecule has 6 nitrogen and oxygen atoms in total. The van der Waals surface area contributed by atoms with Crippen molar-refractivity contribution in [2.75, 3.05) is 79.5 Å². The SMILES string of the molecule is CN(C/C=C/CN(C)P(=S)(N1CC1)N1CC1)P(=S)(N1CC1)N1CC1. The van der Waals surface area contributed by atoms with E-state index in [0.29, 0.717) is 0 Å². The van der Waals surface area contributed by atoms with Crippen LogP contribution >= 0.6 is 13.0 Å². The molecule has 10 heteroatoms. The minimum atomic E-state index is -1.60. The highest BCUT2D eigenvalue weighted by molar-refractivity contribution is 8.11. The van der Waals surface area contributed by atoms with E-state index in [0.717, 1.165) is 13.1 Å². The zero-order valence-corrected chi connectivity index (χ0v) is 18.0. The van der Waals surface area contributed by atoms with Gasteiger partial charge in [0, 0.05) is 65.4 Å². The molecule has 0 spiro atoms. The Morgan fingerprint density at radius 3 is 1.12 bits per heavy atom. The Labute approximate surface area is 156 Å². The summed E-state index contributed by atoms with van der Waals surface area (Å²) >= 11 is 12.1. The molecule has 0 N–H and O–H groups in total. The molecule has 4 aliphatic rings. The molecule has 24 heavy (non-hydrogen) atoms. The maximum atomic E-state index is 6.06. The van der Waals surface area contributed by atoms with Crippen molar-refractivity contribution >= 4 is 36.6 Å². The Balaban J connectivity index is 1.31. The molecule has 0 atom stereocenters. The second-order valence-corrected chi connectivity index (χ2v) is 15.6. The van der Waals surface area contributed by atoms with Crippen molar-refractivity contribution in [3.8, 4) is 0 Å². The van der Waals surface area contributed by atoms with Crippen LogP contribution in [0.25, 0.3) is 0 Å². The third-order valence-electron chi connectivity index (χ3n) is 4.96. The Bertz CT molecular complexity index is 528. The van der Waals surface area contributed by atoms with Crippen molar-refractivity contribution in [2.24, 2.45) is 0 Å². The molecular weight excluding hydrogens is 378 g/mol. The van der Waals surface area contributed by atoms with Gasteiger partial charge in [0.1, 0.15) is 13.0 Å². The summed E-state index contributed by atoms with van der Waals surface area (Å²) in [6.45, 7) is 8.11. The largest absolute Gasteiger partial charge is 0.251 e. The van der Waals surface area contributed by atoms with E-state index in [-0.39, 0.29) is 0 Å². The van der Waals surface area contributed by atoms with Gasteiger partial charge < -0.3 is 0 Å². The first kappa shape index (κ1) is 18.2. The van der Waals surface area contributed by atoms with E-state index in [9.17, 15) is 0 Å². The maximum absolute atomic E-state index is 6.06. The normalized spacial score (nSPS) is 26.0. The van der Waals surface area contributed by atoms with Crippen molar-refractivity contribution in [1.82, 2.24) is 28.0 Å². The summed E-state index contributed by atoms with van der Waals surface area (Å²) in [5, 5.41) is 0. The smallest absolute Gasteiger partial charge is 0.145 e. The topological polar surface area (TPSA) is 18.5 Å². The number of rotatable bonds is 10. The second-order valence-electron chi connectivity index (χ2n) is 6.99. The van der Waals surface area contributed by atoms with Crippen LogP contribution in [0.1, 0.15) is 0 Å². The lowest BCUT2D eigenvalue weighted by molar-refractivity contribution is 0.533. The fourth-order valence-corrected chi connectivity index (χ4v) is 11.0. The van der Waals surface area contributed by atoms with Crippen molar-refractivity contribution in [3.05, 3.63) is 12.2 Å². The van der Waals surface area contributed by atoms with Gasteiger partial charge in [-0.05, 0) is 37.7 Å². The zero-order valence-electron chi connectivity index (χ0n) is 14.6. The Morgan fingerprint density at radius 2 is 0.917 bits per heavy atom. The fraction of sp³-hybridized carbons (Fsp3) is 0.857. The third kappa shape index (κ3) is 3.48.